The lowest BCUT2D eigenvalue weighted by Gasteiger charge is -2.16. The summed E-state index contributed by atoms with van der Waals surface area (Å²) in [5, 5.41) is 6.00. The molecule has 0 saturated carbocycles. The normalized spacial score (nSPS) is 14.0. The Bertz CT molecular complexity index is 378. The molecule has 1 aromatic rings. The summed E-state index contributed by atoms with van der Waals surface area (Å²) in [6.07, 6.45) is 0.916. The van der Waals surface area contributed by atoms with Gasteiger partial charge in [-0.1, -0.05) is 19.1 Å². The molecule has 1 aromatic carbocycles. The SMILES string of the molecule is CCC(C)NC(=O)CN[C@@H](C)c1ccc(F)cc1. The molecule has 100 valence electrons. The van der Waals surface area contributed by atoms with Crippen molar-refractivity contribution in [2.24, 2.45) is 0 Å². The second-order valence-electron chi connectivity index (χ2n) is 4.53. The third-order valence-corrected chi connectivity index (χ3v) is 2.96. The van der Waals surface area contributed by atoms with E-state index in [0.717, 1.165) is 12.0 Å². The minimum Gasteiger partial charge on any atom is -0.353 e. The molecule has 1 unspecified atom stereocenters. The molecule has 2 atom stereocenters. The average molecular weight is 252 g/mol. The van der Waals surface area contributed by atoms with Crippen molar-refractivity contribution in [2.75, 3.05) is 6.54 Å². The van der Waals surface area contributed by atoms with Gasteiger partial charge in [0.1, 0.15) is 5.82 Å². The number of benzene rings is 1. The van der Waals surface area contributed by atoms with Crippen LogP contribution in [0.4, 0.5) is 4.39 Å². The number of hydrogen-bond acceptors (Lipinski definition) is 2. The summed E-state index contributed by atoms with van der Waals surface area (Å²) in [6, 6.07) is 6.51. The van der Waals surface area contributed by atoms with Gasteiger partial charge in [-0.15, -0.1) is 0 Å². The summed E-state index contributed by atoms with van der Waals surface area (Å²) >= 11 is 0. The smallest absolute Gasteiger partial charge is 0.234 e. The molecular formula is C14H21FN2O. The van der Waals surface area contributed by atoms with Crippen molar-refractivity contribution in [3.63, 3.8) is 0 Å². The second kappa shape index (κ2) is 7.11. The van der Waals surface area contributed by atoms with Crippen molar-refractivity contribution in [3.8, 4) is 0 Å². The molecule has 0 spiro atoms. The first kappa shape index (κ1) is 14.6. The van der Waals surface area contributed by atoms with E-state index in [-0.39, 0.29) is 30.4 Å². The lowest BCUT2D eigenvalue weighted by Crippen LogP contribution is -2.39. The fraction of sp³-hybridized carbons (Fsp3) is 0.500. The molecule has 0 heterocycles. The number of hydrogen-bond donors (Lipinski definition) is 2. The van der Waals surface area contributed by atoms with Crippen molar-refractivity contribution in [3.05, 3.63) is 35.6 Å². The number of rotatable bonds is 6. The molecule has 0 saturated heterocycles. The van der Waals surface area contributed by atoms with Gasteiger partial charge in [0.2, 0.25) is 5.91 Å². The van der Waals surface area contributed by atoms with Gasteiger partial charge in [0.05, 0.1) is 6.54 Å². The van der Waals surface area contributed by atoms with E-state index in [9.17, 15) is 9.18 Å². The minimum absolute atomic E-state index is 0.0155. The van der Waals surface area contributed by atoms with E-state index < -0.39 is 0 Å². The lowest BCUT2D eigenvalue weighted by molar-refractivity contribution is -0.120. The van der Waals surface area contributed by atoms with Gasteiger partial charge in [0.15, 0.2) is 0 Å². The molecule has 0 aliphatic rings. The molecule has 1 rings (SSSR count). The Morgan fingerprint density at radius 2 is 1.89 bits per heavy atom. The van der Waals surface area contributed by atoms with E-state index in [2.05, 4.69) is 10.6 Å². The molecular weight excluding hydrogens is 231 g/mol. The maximum absolute atomic E-state index is 12.8. The number of carbonyl (C=O) groups excluding carboxylic acids is 1. The topological polar surface area (TPSA) is 41.1 Å². The molecule has 3 nitrogen and oxygen atoms in total. The van der Waals surface area contributed by atoms with Gasteiger partial charge < -0.3 is 10.6 Å². The zero-order valence-corrected chi connectivity index (χ0v) is 11.2. The third kappa shape index (κ3) is 4.84. The van der Waals surface area contributed by atoms with Crippen LogP contribution in [0, 0.1) is 5.82 Å². The van der Waals surface area contributed by atoms with Crippen LogP contribution in [0.3, 0.4) is 0 Å². The Labute approximate surface area is 108 Å². The zero-order valence-electron chi connectivity index (χ0n) is 11.2. The Kier molecular flexibility index (Phi) is 5.78. The van der Waals surface area contributed by atoms with Gasteiger partial charge in [-0.05, 0) is 38.0 Å². The summed E-state index contributed by atoms with van der Waals surface area (Å²) in [4.78, 5) is 11.6. The van der Waals surface area contributed by atoms with Gasteiger partial charge in [-0.25, -0.2) is 4.39 Å². The van der Waals surface area contributed by atoms with Gasteiger partial charge >= 0.3 is 0 Å². The Balaban J connectivity index is 2.39. The molecule has 18 heavy (non-hydrogen) atoms. The molecule has 1 amide bonds. The standard InChI is InChI=1S/C14H21FN2O/c1-4-10(2)17-14(18)9-16-11(3)12-5-7-13(15)8-6-12/h5-8,10-11,16H,4,9H2,1-3H3,(H,17,18)/t10?,11-/m0/s1. The summed E-state index contributed by atoms with van der Waals surface area (Å²) < 4.78 is 12.8. The highest BCUT2D eigenvalue weighted by Gasteiger charge is 2.09. The summed E-state index contributed by atoms with van der Waals surface area (Å²) in [5.41, 5.74) is 0.965. The van der Waals surface area contributed by atoms with Crippen LogP contribution in [-0.2, 0) is 4.79 Å². The van der Waals surface area contributed by atoms with Crippen molar-refractivity contribution in [1.82, 2.24) is 10.6 Å². The van der Waals surface area contributed by atoms with Gasteiger partial charge in [0.25, 0.3) is 0 Å². The number of carbonyl (C=O) groups is 1. The van der Waals surface area contributed by atoms with E-state index in [1.165, 1.54) is 12.1 Å². The first-order valence-corrected chi connectivity index (χ1v) is 6.31. The van der Waals surface area contributed by atoms with E-state index in [1.54, 1.807) is 12.1 Å². The highest BCUT2D eigenvalue weighted by atomic mass is 19.1. The maximum Gasteiger partial charge on any atom is 0.234 e. The summed E-state index contributed by atoms with van der Waals surface area (Å²) in [7, 11) is 0. The molecule has 0 aliphatic carbocycles. The van der Waals surface area contributed by atoms with Gasteiger partial charge in [-0.2, -0.15) is 0 Å². The quantitative estimate of drug-likeness (QED) is 0.816. The van der Waals surface area contributed by atoms with Gasteiger partial charge in [0, 0.05) is 12.1 Å². The number of amides is 1. The molecule has 0 aromatic heterocycles. The second-order valence-corrected chi connectivity index (χ2v) is 4.53. The minimum atomic E-state index is -0.250. The molecule has 0 radical (unpaired) electrons. The van der Waals surface area contributed by atoms with Gasteiger partial charge in [-0.3, -0.25) is 4.79 Å². The average Bonchev–Trinajstić information content (AvgIpc) is 2.36. The summed E-state index contributed by atoms with van der Waals surface area (Å²) in [6.45, 7) is 6.22. The van der Waals surface area contributed by atoms with Crippen LogP contribution in [0.25, 0.3) is 0 Å². The number of nitrogens with one attached hydrogen (secondary N) is 2. The zero-order chi connectivity index (χ0) is 13.5. The predicted octanol–water partition coefficient (Wildman–Crippen LogP) is 2.39. The Morgan fingerprint density at radius 1 is 1.28 bits per heavy atom. The molecule has 0 bridgehead atoms. The Morgan fingerprint density at radius 3 is 2.44 bits per heavy atom. The van der Waals surface area contributed by atoms with Crippen LogP contribution in [0.2, 0.25) is 0 Å². The van der Waals surface area contributed by atoms with Crippen molar-refractivity contribution < 1.29 is 9.18 Å². The van der Waals surface area contributed by atoms with Crippen molar-refractivity contribution >= 4 is 5.91 Å². The van der Waals surface area contributed by atoms with Crippen molar-refractivity contribution in [2.45, 2.75) is 39.3 Å². The highest BCUT2D eigenvalue weighted by molar-refractivity contribution is 5.78. The van der Waals surface area contributed by atoms with Crippen LogP contribution < -0.4 is 10.6 Å². The Hall–Kier alpha value is -1.42. The predicted molar refractivity (Wildman–Crippen MR) is 70.7 cm³/mol. The van der Waals surface area contributed by atoms with Crippen LogP contribution in [0.1, 0.15) is 38.8 Å². The first-order valence-electron chi connectivity index (χ1n) is 6.31. The van der Waals surface area contributed by atoms with Crippen LogP contribution in [-0.4, -0.2) is 18.5 Å². The summed E-state index contributed by atoms with van der Waals surface area (Å²) in [5.74, 6) is -0.265. The van der Waals surface area contributed by atoms with E-state index in [4.69, 9.17) is 0 Å². The molecule has 0 fully saturated rings. The van der Waals surface area contributed by atoms with E-state index in [0.29, 0.717) is 0 Å². The highest BCUT2D eigenvalue weighted by Crippen LogP contribution is 2.12. The lowest BCUT2D eigenvalue weighted by atomic mass is 10.1. The largest absolute Gasteiger partial charge is 0.353 e. The number of halogens is 1. The van der Waals surface area contributed by atoms with Crippen LogP contribution in [0.15, 0.2) is 24.3 Å². The van der Waals surface area contributed by atoms with E-state index in [1.807, 2.05) is 20.8 Å². The van der Waals surface area contributed by atoms with Crippen LogP contribution in [0.5, 0.6) is 0 Å². The third-order valence-electron chi connectivity index (χ3n) is 2.96. The first-order chi connectivity index (χ1) is 8.52. The van der Waals surface area contributed by atoms with Crippen molar-refractivity contribution in [1.29, 1.82) is 0 Å². The monoisotopic (exact) mass is 252 g/mol. The molecule has 4 heteroatoms. The maximum atomic E-state index is 12.8. The molecule has 0 aliphatic heterocycles. The van der Waals surface area contributed by atoms with E-state index >= 15 is 0 Å². The fourth-order valence-corrected chi connectivity index (χ4v) is 1.54. The fourth-order valence-electron chi connectivity index (χ4n) is 1.54. The molecule has 2 N–H and O–H groups in total. The van der Waals surface area contributed by atoms with Crippen LogP contribution >= 0.6 is 0 Å².